The highest BCUT2D eigenvalue weighted by Gasteiger charge is 2.16. The van der Waals surface area contributed by atoms with Crippen LogP contribution in [0.25, 0.3) is 11.1 Å². The summed E-state index contributed by atoms with van der Waals surface area (Å²) in [5.74, 6) is 0.569. The Morgan fingerprint density at radius 3 is 2.30 bits per heavy atom. The van der Waals surface area contributed by atoms with Crippen molar-refractivity contribution in [1.29, 1.82) is 10.7 Å². The van der Waals surface area contributed by atoms with E-state index in [-0.39, 0.29) is 0 Å². The standard InChI is InChI=1S/C19H20N2S2/c1-12(2)13(3)23-17-9-8-16(11-21)19(22)18(17)15-6-4-14(10-20)5-7-15/h4-9,11-13,21-22H,1-3H3. The zero-order chi connectivity index (χ0) is 17.0. The highest BCUT2D eigenvalue weighted by Crippen LogP contribution is 2.40. The molecule has 0 amide bonds. The van der Waals surface area contributed by atoms with Gasteiger partial charge in [-0.25, -0.2) is 0 Å². The van der Waals surface area contributed by atoms with E-state index in [9.17, 15) is 0 Å². The topological polar surface area (TPSA) is 47.6 Å². The molecule has 0 saturated heterocycles. The molecule has 0 aliphatic carbocycles. The zero-order valence-electron chi connectivity index (χ0n) is 13.5. The summed E-state index contributed by atoms with van der Waals surface area (Å²) < 4.78 is 0. The number of thiol groups is 1. The van der Waals surface area contributed by atoms with Crippen molar-refractivity contribution in [3.05, 3.63) is 47.5 Å². The first-order valence-electron chi connectivity index (χ1n) is 7.51. The maximum absolute atomic E-state index is 8.97. The Balaban J connectivity index is 2.57. The second-order valence-electron chi connectivity index (χ2n) is 5.78. The molecule has 2 aromatic rings. The van der Waals surface area contributed by atoms with Crippen LogP contribution in [0.15, 0.2) is 46.2 Å². The molecule has 0 bridgehead atoms. The minimum atomic E-state index is 0.477. The van der Waals surface area contributed by atoms with Gasteiger partial charge in [0.1, 0.15) is 0 Å². The molecule has 1 unspecified atom stereocenters. The summed E-state index contributed by atoms with van der Waals surface area (Å²) in [4.78, 5) is 1.97. The predicted molar refractivity (Wildman–Crippen MR) is 102 cm³/mol. The number of nitrogens with zero attached hydrogens (tertiary/aromatic N) is 1. The van der Waals surface area contributed by atoms with E-state index in [1.54, 1.807) is 0 Å². The van der Waals surface area contributed by atoms with Gasteiger partial charge in [-0.05, 0) is 29.7 Å². The van der Waals surface area contributed by atoms with Gasteiger partial charge >= 0.3 is 0 Å². The van der Waals surface area contributed by atoms with Crippen LogP contribution in [0.3, 0.4) is 0 Å². The number of rotatable bonds is 5. The van der Waals surface area contributed by atoms with Crippen molar-refractivity contribution in [2.45, 2.75) is 35.8 Å². The van der Waals surface area contributed by atoms with Crippen molar-refractivity contribution >= 4 is 30.6 Å². The fraction of sp³-hybridized carbons (Fsp3) is 0.263. The SMILES string of the molecule is CC(C)C(C)Sc1ccc(C=N)c(S)c1-c1ccc(C#N)cc1. The lowest BCUT2D eigenvalue weighted by Crippen LogP contribution is -2.06. The number of nitriles is 1. The summed E-state index contributed by atoms with van der Waals surface area (Å²) in [6, 6.07) is 13.7. The Morgan fingerprint density at radius 1 is 1.13 bits per heavy atom. The van der Waals surface area contributed by atoms with Gasteiger partial charge in [-0.15, -0.1) is 24.4 Å². The van der Waals surface area contributed by atoms with E-state index in [2.05, 4.69) is 45.5 Å². The lowest BCUT2D eigenvalue weighted by atomic mass is 10.0. The number of hydrogen-bond donors (Lipinski definition) is 2. The van der Waals surface area contributed by atoms with Crippen LogP contribution in [-0.4, -0.2) is 11.5 Å². The molecular formula is C19H20N2S2. The Hall–Kier alpha value is -1.70. The van der Waals surface area contributed by atoms with Gasteiger partial charge in [0.05, 0.1) is 11.6 Å². The maximum atomic E-state index is 8.97. The molecule has 0 spiro atoms. The van der Waals surface area contributed by atoms with Crippen LogP contribution in [0, 0.1) is 22.7 Å². The van der Waals surface area contributed by atoms with Crippen molar-refractivity contribution in [3.63, 3.8) is 0 Å². The predicted octanol–water partition coefficient (Wildman–Crippen LogP) is 5.65. The number of thioether (sulfide) groups is 1. The summed E-state index contributed by atoms with van der Waals surface area (Å²) in [6.07, 6.45) is 1.33. The normalized spacial score (nSPS) is 12.0. The van der Waals surface area contributed by atoms with Crippen molar-refractivity contribution in [1.82, 2.24) is 0 Å². The van der Waals surface area contributed by atoms with Crippen LogP contribution < -0.4 is 0 Å². The molecule has 0 saturated carbocycles. The van der Waals surface area contributed by atoms with Crippen molar-refractivity contribution < 1.29 is 0 Å². The number of benzene rings is 2. The van der Waals surface area contributed by atoms with Crippen LogP contribution >= 0.6 is 24.4 Å². The smallest absolute Gasteiger partial charge is 0.0991 e. The third kappa shape index (κ3) is 3.99. The van der Waals surface area contributed by atoms with Gasteiger partial charge < -0.3 is 5.41 Å². The number of nitrogens with one attached hydrogen (secondary N) is 1. The molecule has 1 atom stereocenters. The fourth-order valence-corrected chi connectivity index (χ4v) is 3.75. The first-order valence-corrected chi connectivity index (χ1v) is 8.84. The van der Waals surface area contributed by atoms with E-state index < -0.39 is 0 Å². The van der Waals surface area contributed by atoms with E-state index in [0.717, 1.165) is 26.5 Å². The van der Waals surface area contributed by atoms with Crippen LogP contribution in [0.4, 0.5) is 0 Å². The van der Waals surface area contributed by atoms with Crippen LogP contribution in [0.2, 0.25) is 0 Å². The Labute approximate surface area is 147 Å². The largest absolute Gasteiger partial charge is 0.308 e. The molecule has 0 aliphatic heterocycles. The van der Waals surface area contributed by atoms with E-state index in [4.69, 9.17) is 10.7 Å². The molecule has 2 nitrogen and oxygen atoms in total. The van der Waals surface area contributed by atoms with Gasteiger partial charge in [0.25, 0.3) is 0 Å². The summed E-state index contributed by atoms with van der Waals surface area (Å²) in [5, 5.41) is 17.0. The van der Waals surface area contributed by atoms with E-state index in [1.165, 1.54) is 6.21 Å². The second-order valence-corrected chi connectivity index (χ2v) is 7.64. The highest BCUT2D eigenvalue weighted by molar-refractivity contribution is 8.00. The molecule has 0 aromatic heterocycles. The van der Waals surface area contributed by atoms with Crippen molar-refractivity contribution in [2.75, 3.05) is 0 Å². The lowest BCUT2D eigenvalue weighted by Gasteiger charge is -2.19. The van der Waals surface area contributed by atoms with Crippen LogP contribution in [-0.2, 0) is 0 Å². The average Bonchev–Trinajstić information content (AvgIpc) is 2.55. The van der Waals surface area contributed by atoms with Gasteiger partial charge in [0, 0.05) is 32.4 Å². The molecule has 0 radical (unpaired) electrons. The van der Waals surface area contributed by atoms with Crippen LogP contribution in [0.5, 0.6) is 0 Å². The second kappa shape index (κ2) is 7.72. The first kappa shape index (κ1) is 17.7. The Bertz CT molecular complexity index is 743. The van der Waals surface area contributed by atoms with E-state index >= 15 is 0 Å². The van der Waals surface area contributed by atoms with Gasteiger partial charge in [-0.1, -0.05) is 39.0 Å². The minimum Gasteiger partial charge on any atom is -0.308 e. The highest BCUT2D eigenvalue weighted by atomic mass is 32.2. The fourth-order valence-electron chi connectivity index (χ4n) is 2.13. The summed E-state index contributed by atoms with van der Waals surface area (Å²) in [6.45, 7) is 6.65. The van der Waals surface area contributed by atoms with Crippen molar-refractivity contribution in [3.8, 4) is 17.2 Å². The van der Waals surface area contributed by atoms with Gasteiger partial charge in [0.2, 0.25) is 0 Å². The molecule has 23 heavy (non-hydrogen) atoms. The lowest BCUT2D eigenvalue weighted by molar-refractivity contribution is 0.642. The first-order chi connectivity index (χ1) is 11.0. The molecule has 0 fully saturated rings. The summed E-state index contributed by atoms with van der Waals surface area (Å²) in [5.41, 5.74) is 3.50. The zero-order valence-corrected chi connectivity index (χ0v) is 15.2. The monoisotopic (exact) mass is 340 g/mol. The minimum absolute atomic E-state index is 0.477. The van der Waals surface area contributed by atoms with Crippen LogP contribution in [0.1, 0.15) is 31.9 Å². The van der Waals surface area contributed by atoms with Gasteiger partial charge in [-0.2, -0.15) is 5.26 Å². The molecule has 0 aliphatic rings. The number of hydrogen-bond acceptors (Lipinski definition) is 4. The van der Waals surface area contributed by atoms with E-state index in [1.807, 2.05) is 42.1 Å². The summed E-state index contributed by atoms with van der Waals surface area (Å²) in [7, 11) is 0. The van der Waals surface area contributed by atoms with E-state index in [0.29, 0.717) is 16.7 Å². The molecule has 118 valence electrons. The quantitative estimate of drug-likeness (QED) is 0.420. The molecular weight excluding hydrogens is 320 g/mol. The third-order valence-corrected chi connectivity index (χ3v) is 5.87. The summed E-state index contributed by atoms with van der Waals surface area (Å²) >= 11 is 6.49. The maximum Gasteiger partial charge on any atom is 0.0991 e. The Kier molecular flexibility index (Phi) is 5.92. The average molecular weight is 341 g/mol. The van der Waals surface area contributed by atoms with Gasteiger partial charge in [0.15, 0.2) is 0 Å². The molecule has 2 aromatic carbocycles. The molecule has 1 N–H and O–H groups in total. The molecule has 4 heteroatoms. The molecule has 2 rings (SSSR count). The van der Waals surface area contributed by atoms with Crippen molar-refractivity contribution in [2.24, 2.45) is 5.92 Å². The molecule has 0 heterocycles. The Morgan fingerprint density at radius 2 is 1.78 bits per heavy atom. The van der Waals surface area contributed by atoms with Gasteiger partial charge in [-0.3, -0.25) is 0 Å². The third-order valence-electron chi connectivity index (χ3n) is 3.88.